The fourth-order valence-electron chi connectivity index (χ4n) is 2.63. The van der Waals surface area contributed by atoms with E-state index in [1.54, 1.807) is 6.07 Å². The van der Waals surface area contributed by atoms with Crippen molar-refractivity contribution in [1.82, 2.24) is 14.8 Å². The molecule has 0 radical (unpaired) electrons. The summed E-state index contributed by atoms with van der Waals surface area (Å²) in [4.78, 5) is 20.7. The predicted octanol–water partition coefficient (Wildman–Crippen LogP) is 0.984. The summed E-state index contributed by atoms with van der Waals surface area (Å²) in [6.45, 7) is 4.48. The molecule has 2 N–H and O–H groups in total. The number of hydrogen-bond donors (Lipinski definition) is 2. The number of aromatic nitrogens is 1. The molecule has 1 aromatic carbocycles. The molecule has 1 saturated heterocycles. The number of carbonyl (C=O) groups is 1. The number of piperazine rings is 1. The van der Waals surface area contributed by atoms with Crippen LogP contribution in [0, 0.1) is 5.82 Å². The zero-order chi connectivity index (χ0) is 16.2. The molecule has 0 unspecified atom stereocenters. The maximum Gasteiger partial charge on any atom is 0.240 e. The third-order valence-corrected chi connectivity index (χ3v) is 4.78. The minimum absolute atomic E-state index is 0.111. The number of nitrogens with one attached hydrogen (secondary N) is 1. The van der Waals surface area contributed by atoms with E-state index < -0.39 is 0 Å². The quantitative estimate of drug-likeness (QED) is 0.851. The smallest absolute Gasteiger partial charge is 0.240 e. The number of halogens is 1. The first-order valence-corrected chi connectivity index (χ1v) is 8.37. The molecule has 3 rings (SSSR count). The highest BCUT2D eigenvalue weighted by Crippen LogP contribution is 2.26. The summed E-state index contributed by atoms with van der Waals surface area (Å²) in [5, 5.41) is 12.2. The summed E-state index contributed by atoms with van der Waals surface area (Å²) in [5.41, 5.74) is 0.685. The molecule has 1 aromatic heterocycles. The van der Waals surface area contributed by atoms with E-state index in [1.165, 1.54) is 23.5 Å². The highest BCUT2D eigenvalue weighted by atomic mass is 32.1. The average Bonchev–Trinajstić information content (AvgIpc) is 2.90. The number of fused-ring (bicyclic) bond motifs is 1. The van der Waals surface area contributed by atoms with Gasteiger partial charge in [0.05, 0.1) is 23.4 Å². The lowest BCUT2D eigenvalue weighted by Crippen LogP contribution is -2.49. The minimum atomic E-state index is -0.306. The van der Waals surface area contributed by atoms with Crippen molar-refractivity contribution in [2.45, 2.75) is 0 Å². The van der Waals surface area contributed by atoms with Crippen LogP contribution in [0.3, 0.4) is 0 Å². The van der Waals surface area contributed by atoms with Gasteiger partial charge >= 0.3 is 0 Å². The van der Waals surface area contributed by atoms with Crippen LogP contribution in [0.4, 0.5) is 9.52 Å². The normalized spacial score (nSPS) is 16.8. The van der Waals surface area contributed by atoms with Gasteiger partial charge in [-0.1, -0.05) is 11.3 Å². The molecule has 2 aromatic rings. The Kier molecular flexibility index (Phi) is 5.16. The number of aliphatic hydroxyl groups is 1. The van der Waals surface area contributed by atoms with Crippen molar-refractivity contribution in [2.75, 3.05) is 51.2 Å². The van der Waals surface area contributed by atoms with Gasteiger partial charge in [0.15, 0.2) is 5.13 Å². The molecule has 124 valence electrons. The molecule has 0 atom stereocenters. The summed E-state index contributed by atoms with van der Waals surface area (Å²) < 4.78 is 13.9. The van der Waals surface area contributed by atoms with Gasteiger partial charge in [-0.2, -0.15) is 0 Å². The third kappa shape index (κ3) is 4.23. The lowest BCUT2D eigenvalue weighted by Gasteiger charge is -2.33. The fourth-order valence-corrected chi connectivity index (χ4v) is 3.53. The Morgan fingerprint density at radius 1 is 1.30 bits per heavy atom. The van der Waals surface area contributed by atoms with E-state index in [-0.39, 0.29) is 18.3 Å². The molecule has 0 bridgehead atoms. The highest BCUT2D eigenvalue weighted by Gasteiger charge is 2.19. The maximum atomic E-state index is 13.2. The standard InChI is InChI=1S/C15H19FN4O2S/c16-11-1-2-12-13(9-11)23-15(17-12)18-14(22)10-20-5-3-19(4-6-20)7-8-21/h1-2,9,21H,3-8,10H2,(H,17,18,22). The Balaban J connectivity index is 1.52. The number of hydrogen-bond acceptors (Lipinski definition) is 6. The van der Waals surface area contributed by atoms with Crippen LogP contribution in [-0.4, -0.2) is 71.7 Å². The van der Waals surface area contributed by atoms with Gasteiger partial charge in [-0.25, -0.2) is 9.37 Å². The molecule has 8 heteroatoms. The second-order valence-electron chi connectivity index (χ2n) is 5.52. The van der Waals surface area contributed by atoms with Crippen molar-refractivity contribution in [3.63, 3.8) is 0 Å². The number of thiazole rings is 1. The topological polar surface area (TPSA) is 68.7 Å². The Morgan fingerprint density at radius 3 is 2.78 bits per heavy atom. The number of aliphatic hydroxyl groups excluding tert-OH is 1. The van der Waals surface area contributed by atoms with Crippen molar-refractivity contribution in [3.05, 3.63) is 24.0 Å². The Labute approximate surface area is 137 Å². The molecule has 1 amide bonds. The molecular weight excluding hydrogens is 319 g/mol. The molecule has 1 fully saturated rings. The minimum Gasteiger partial charge on any atom is -0.395 e. The maximum absolute atomic E-state index is 13.2. The van der Waals surface area contributed by atoms with Crippen molar-refractivity contribution in [2.24, 2.45) is 0 Å². The van der Waals surface area contributed by atoms with Crippen LogP contribution in [0.2, 0.25) is 0 Å². The summed E-state index contributed by atoms with van der Waals surface area (Å²) >= 11 is 1.27. The van der Waals surface area contributed by atoms with E-state index in [4.69, 9.17) is 5.11 Å². The summed E-state index contributed by atoms with van der Waals surface area (Å²) in [5.74, 6) is -0.417. The fraction of sp³-hybridized carbons (Fsp3) is 0.467. The molecule has 23 heavy (non-hydrogen) atoms. The van der Waals surface area contributed by atoms with E-state index >= 15 is 0 Å². The van der Waals surface area contributed by atoms with E-state index in [0.717, 1.165) is 30.9 Å². The molecule has 2 heterocycles. The van der Waals surface area contributed by atoms with E-state index in [1.807, 2.05) is 0 Å². The lowest BCUT2D eigenvalue weighted by molar-refractivity contribution is -0.117. The highest BCUT2D eigenvalue weighted by molar-refractivity contribution is 7.22. The lowest BCUT2D eigenvalue weighted by atomic mass is 10.3. The van der Waals surface area contributed by atoms with E-state index in [9.17, 15) is 9.18 Å². The van der Waals surface area contributed by atoms with Crippen molar-refractivity contribution in [3.8, 4) is 0 Å². The van der Waals surface area contributed by atoms with Gasteiger partial charge in [0.25, 0.3) is 0 Å². The Hall–Kier alpha value is -1.61. The van der Waals surface area contributed by atoms with Gasteiger partial charge in [-0.05, 0) is 18.2 Å². The summed E-state index contributed by atoms with van der Waals surface area (Å²) in [6.07, 6.45) is 0. The number of carbonyl (C=O) groups excluding carboxylic acids is 1. The zero-order valence-corrected chi connectivity index (χ0v) is 13.5. The van der Waals surface area contributed by atoms with Crippen molar-refractivity contribution in [1.29, 1.82) is 0 Å². The van der Waals surface area contributed by atoms with Crippen LogP contribution >= 0.6 is 11.3 Å². The molecule has 0 spiro atoms. The van der Waals surface area contributed by atoms with Gasteiger partial charge in [0, 0.05) is 32.7 Å². The number of amides is 1. The van der Waals surface area contributed by atoms with Gasteiger partial charge in [-0.3, -0.25) is 14.6 Å². The monoisotopic (exact) mass is 338 g/mol. The number of rotatable bonds is 5. The average molecular weight is 338 g/mol. The van der Waals surface area contributed by atoms with Crippen molar-refractivity contribution < 1.29 is 14.3 Å². The summed E-state index contributed by atoms with van der Waals surface area (Å²) in [7, 11) is 0. The van der Waals surface area contributed by atoms with Gasteiger partial charge in [0.1, 0.15) is 5.82 Å². The van der Waals surface area contributed by atoms with Gasteiger partial charge in [-0.15, -0.1) is 0 Å². The first-order valence-electron chi connectivity index (χ1n) is 7.55. The first kappa shape index (κ1) is 16.3. The Bertz CT molecular complexity index is 685. The molecular formula is C15H19FN4O2S. The van der Waals surface area contributed by atoms with Crippen LogP contribution in [0.5, 0.6) is 0 Å². The van der Waals surface area contributed by atoms with E-state index in [2.05, 4.69) is 20.1 Å². The van der Waals surface area contributed by atoms with Gasteiger partial charge in [0.2, 0.25) is 5.91 Å². The van der Waals surface area contributed by atoms with Crippen LogP contribution in [0.15, 0.2) is 18.2 Å². The number of β-amino-alcohol motifs (C(OH)–C–C–N with tert-alkyl or cyclic N) is 1. The second-order valence-corrected chi connectivity index (χ2v) is 6.55. The molecule has 0 saturated carbocycles. The SMILES string of the molecule is O=C(CN1CCN(CCO)CC1)Nc1nc2ccc(F)cc2s1. The van der Waals surface area contributed by atoms with Crippen LogP contribution < -0.4 is 5.32 Å². The zero-order valence-electron chi connectivity index (χ0n) is 12.7. The van der Waals surface area contributed by atoms with Crippen LogP contribution in [0.25, 0.3) is 10.2 Å². The number of benzene rings is 1. The number of nitrogens with zero attached hydrogens (tertiary/aromatic N) is 3. The molecule has 1 aliphatic heterocycles. The Morgan fingerprint density at radius 2 is 2.04 bits per heavy atom. The molecule has 0 aliphatic carbocycles. The number of anilines is 1. The van der Waals surface area contributed by atoms with Gasteiger partial charge < -0.3 is 10.4 Å². The largest absolute Gasteiger partial charge is 0.395 e. The van der Waals surface area contributed by atoms with Crippen LogP contribution in [0.1, 0.15) is 0 Å². The second kappa shape index (κ2) is 7.31. The third-order valence-electron chi connectivity index (χ3n) is 3.85. The predicted molar refractivity (Wildman–Crippen MR) is 88.2 cm³/mol. The molecule has 1 aliphatic rings. The van der Waals surface area contributed by atoms with Crippen LogP contribution in [-0.2, 0) is 4.79 Å². The van der Waals surface area contributed by atoms with E-state index in [0.29, 0.717) is 23.7 Å². The molecule has 6 nitrogen and oxygen atoms in total. The van der Waals surface area contributed by atoms with Crippen molar-refractivity contribution >= 4 is 32.6 Å². The summed E-state index contributed by atoms with van der Waals surface area (Å²) in [6, 6.07) is 4.39. The first-order chi connectivity index (χ1) is 11.1.